The highest BCUT2D eigenvalue weighted by molar-refractivity contribution is 7.80. The zero-order valence-corrected chi connectivity index (χ0v) is 12.4. The average Bonchev–Trinajstić information content (AvgIpc) is 2.37. The first-order valence-corrected chi connectivity index (χ1v) is 6.97. The van der Waals surface area contributed by atoms with Crippen LogP contribution in [0.4, 0.5) is 18.9 Å². The zero-order chi connectivity index (χ0) is 16.0. The Labute approximate surface area is 126 Å². The Morgan fingerprint density at radius 1 is 1.33 bits per heavy atom. The van der Waals surface area contributed by atoms with Gasteiger partial charge in [-0.05, 0) is 24.6 Å². The number of thiocarbonyl (C=S) groups is 1. The van der Waals surface area contributed by atoms with Crippen molar-refractivity contribution in [2.45, 2.75) is 38.8 Å². The van der Waals surface area contributed by atoms with Crippen molar-refractivity contribution in [1.29, 1.82) is 0 Å². The summed E-state index contributed by atoms with van der Waals surface area (Å²) in [5.41, 5.74) is 4.18. The minimum absolute atomic E-state index is 0.0869. The van der Waals surface area contributed by atoms with Crippen LogP contribution in [0.1, 0.15) is 43.7 Å². The van der Waals surface area contributed by atoms with E-state index in [1.165, 1.54) is 12.1 Å². The van der Waals surface area contributed by atoms with Gasteiger partial charge in [-0.15, -0.1) is 0 Å². The highest BCUT2D eigenvalue weighted by Gasteiger charge is 2.34. The molecule has 0 aliphatic heterocycles. The Morgan fingerprint density at radius 2 is 2.00 bits per heavy atom. The lowest BCUT2D eigenvalue weighted by Gasteiger charge is -2.14. The second-order valence-corrected chi connectivity index (χ2v) is 5.07. The standard InChI is InChI=1S/C14H17F3N2OS/c1-2-3-4-5-12(20)19-9-6-7-10(13(18)21)11(8-9)14(15,16)17/h6-8H,2-5H2,1H3,(H2,18,21)(H,19,20). The number of nitrogens with one attached hydrogen (secondary N) is 1. The molecular weight excluding hydrogens is 301 g/mol. The van der Waals surface area contributed by atoms with Crippen molar-refractivity contribution in [3.63, 3.8) is 0 Å². The van der Waals surface area contributed by atoms with Crippen LogP contribution in [0.5, 0.6) is 0 Å². The van der Waals surface area contributed by atoms with Crippen molar-refractivity contribution in [1.82, 2.24) is 0 Å². The van der Waals surface area contributed by atoms with Gasteiger partial charge in [0.15, 0.2) is 0 Å². The summed E-state index contributed by atoms with van der Waals surface area (Å²) in [4.78, 5) is 11.3. The van der Waals surface area contributed by atoms with Crippen LogP contribution in [-0.2, 0) is 11.0 Å². The lowest BCUT2D eigenvalue weighted by Crippen LogP contribution is -2.19. The molecule has 0 saturated heterocycles. The maximum Gasteiger partial charge on any atom is 0.417 e. The van der Waals surface area contributed by atoms with Gasteiger partial charge in [0, 0.05) is 17.7 Å². The quantitative estimate of drug-likeness (QED) is 0.618. The van der Waals surface area contributed by atoms with E-state index in [1.54, 1.807) is 0 Å². The number of anilines is 1. The molecule has 0 fully saturated rings. The lowest BCUT2D eigenvalue weighted by atomic mass is 10.1. The smallest absolute Gasteiger partial charge is 0.389 e. The van der Waals surface area contributed by atoms with Crippen molar-refractivity contribution in [3.8, 4) is 0 Å². The molecule has 1 rings (SSSR count). The van der Waals surface area contributed by atoms with E-state index in [1.807, 2.05) is 6.92 Å². The van der Waals surface area contributed by atoms with Gasteiger partial charge in [0.25, 0.3) is 0 Å². The van der Waals surface area contributed by atoms with Crippen molar-refractivity contribution in [2.24, 2.45) is 5.73 Å². The van der Waals surface area contributed by atoms with Crippen LogP contribution in [0.25, 0.3) is 0 Å². The molecule has 0 spiro atoms. The van der Waals surface area contributed by atoms with Gasteiger partial charge in [-0.1, -0.05) is 32.0 Å². The van der Waals surface area contributed by atoms with Crippen LogP contribution < -0.4 is 11.1 Å². The molecule has 0 bridgehead atoms. The fraction of sp³-hybridized carbons (Fsp3) is 0.429. The summed E-state index contributed by atoms with van der Waals surface area (Å²) in [7, 11) is 0. The molecular formula is C14H17F3N2OS. The first kappa shape index (κ1) is 17.4. The van der Waals surface area contributed by atoms with Crippen LogP contribution in [0.2, 0.25) is 0 Å². The van der Waals surface area contributed by atoms with Gasteiger partial charge in [0.2, 0.25) is 5.91 Å². The van der Waals surface area contributed by atoms with E-state index < -0.39 is 11.7 Å². The molecule has 0 unspecified atom stereocenters. The van der Waals surface area contributed by atoms with Crippen molar-refractivity contribution in [3.05, 3.63) is 29.3 Å². The van der Waals surface area contributed by atoms with Gasteiger partial charge in [0.1, 0.15) is 4.99 Å². The van der Waals surface area contributed by atoms with Crippen molar-refractivity contribution < 1.29 is 18.0 Å². The maximum absolute atomic E-state index is 12.9. The SMILES string of the molecule is CCCCCC(=O)Nc1ccc(C(N)=S)c(C(F)(F)F)c1. The summed E-state index contributed by atoms with van der Waals surface area (Å²) in [6.07, 6.45) is -1.72. The van der Waals surface area contributed by atoms with Crippen LogP contribution in [0.3, 0.4) is 0 Å². The molecule has 1 aromatic rings. The topological polar surface area (TPSA) is 55.1 Å². The molecule has 0 heterocycles. The summed E-state index contributed by atoms with van der Waals surface area (Å²) < 4.78 is 38.8. The number of benzene rings is 1. The largest absolute Gasteiger partial charge is 0.417 e. The van der Waals surface area contributed by atoms with Crippen LogP contribution in [-0.4, -0.2) is 10.9 Å². The van der Waals surface area contributed by atoms with Crippen LogP contribution in [0, 0.1) is 0 Å². The Morgan fingerprint density at radius 3 is 2.52 bits per heavy atom. The third-order valence-electron chi connectivity index (χ3n) is 2.88. The van der Waals surface area contributed by atoms with Crippen molar-refractivity contribution >= 4 is 28.8 Å². The van der Waals surface area contributed by atoms with Gasteiger partial charge in [-0.25, -0.2) is 0 Å². The molecule has 0 saturated carbocycles. The van der Waals surface area contributed by atoms with E-state index in [-0.39, 0.29) is 28.6 Å². The van der Waals surface area contributed by atoms with E-state index in [0.717, 1.165) is 18.9 Å². The third kappa shape index (κ3) is 5.34. The van der Waals surface area contributed by atoms with Gasteiger partial charge in [-0.2, -0.15) is 13.2 Å². The van der Waals surface area contributed by atoms with E-state index in [9.17, 15) is 18.0 Å². The average molecular weight is 318 g/mol. The van der Waals surface area contributed by atoms with E-state index in [0.29, 0.717) is 6.42 Å². The third-order valence-corrected chi connectivity index (χ3v) is 3.10. The second-order valence-electron chi connectivity index (χ2n) is 4.63. The van der Waals surface area contributed by atoms with Gasteiger partial charge in [-0.3, -0.25) is 4.79 Å². The first-order chi connectivity index (χ1) is 9.75. The fourth-order valence-electron chi connectivity index (χ4n) is 1.83. The molecule has 1 amide bonds. The number of rotatable bonds is 6. The van der Waals surface area contributed by atoms with Gasteiger partial charge < -0.3 is 11.1 Å². The molecule has 0 aliphatic rings. The molecule has 116 valence electrons. The normalized spacial score (nSPS) is 11.2. The van der Waals surface area contributed by atoms with E-state index in [4.69, 9.17) is 5.73 Å². The lowest BCUT2D eigenvalue weighted by molar-refractivity contribution is -0.137. The van der Waals surface area contributed by atoms with Crippen LogP contribution >= 0.6 is 12.2 Å². The molecule has 3 nitrogen and oxygen atoms in total. The maximum atomic E-state index is 12.9. The minimum Gasteiger partial charge on any atom is -0.389 e. The summed E-state index contributed by atoms with van der Waals surface area (Å²) in [5.74, 6) is -0.306. The minimum atomic E-state index is -4.58. The summed E-state index contributed by atoms with van der Waals surface area (Å²) in [5, 5.41) is 2.46. The molecule has 1 aromatic carbocycles. The molecule has 0 aromatic heterocycles. The van der Waals surface area contributed by atoms with Crippen molar-refractivity contribution in [2.75, 3.05) is 5.32 Å². The van der Waals surface area contributed by atoms with E-state index in [2.05, 4.69) is 17.5 Å². The monoisotopic (exact) mass is 318 g/mol. The van der Waals surface area contributed by atoms with Gasteiger partial charge in [0.05, 0.1) is 5.56 Å². The highest BCUT2D eigenvalue weighted by atomic mass is 32.1. The number of halogens is 3. The molecule has 21 heavy (non-hydrogen) atoms. The van der Waals surface area contributed by atoms with Crippen LogP contribution in [0.15, 0.2) is 18.2 Å². The Hall–Kier alpha value is -1.63. The number of alkyl halides is 3. The number of nitrogens with two attached hydrogens (primary N) is 1. The predicted octanol–water partition coefficient (Wildman–Crippen LogP) is 3.86. The number of carbonyl (C=O) groups excluding carboxylic acids is 1. The Bertz CT molecular complexity index is 529. The zero-order valence-electron chi connectivity index (χ0n) is 11.6. The number of unbranched alkanes of at least 4 members (excludes halogenated alkanes) is 2. The summed E-state index contributed by atoms with van der Waals surface area (Å²) in [6.45, 7) is 2.00. The highest BCUT2D eigenvalue weighted by Crippen LogP contribution is 2.33. The second kappa shape index (κ2) is 7.40. The summed E-state index contributed by atoms with van der Waals surface area (Å²) in [6, 6.07) is 3.39. The number of hydrogen-bond donors (Lipinski definition) is 2. The molecule has 0 atom stereocenters. The number of carbonyl (C=O) groups is 1. The summed E-state index contributed by atoms with van der Waals surface area (Å²) >= 11 is 4.61. The number of hydrogen-bond acceptors (Lipinski definition) is 2. The molecule has 7 heteroatoms. The first-order valence-electron chi connectivity index (χ1n) is 6.56. The number of amides is 1. The predicted molar refractivity (Wildman–Crippen MR) is 80.1 cm³/mol. The Balaban J connectivity index is 2.91. The molecule has 0 aliphatic carbocycles. The molecule has 0 radical (unpaired) electrons. The fourth-order valence-corrected chi connectivity index (χ4v) is 2.01. The van der Waals surface area contributed by atoms with Gasteiger partial charge >= 0.3 is 6.18 Å². The molecule has 3 N–H and O–H groups in total. The Kier molecular flexibility index (Phi) is 6.14. The van der Waals surface area contributed by atoms with E-state index >= 15 is 0 Å².